The monoisotopic (exact) mass is 365 g/mol. The summed E-state index contributed by atoms with van der Waals surface area (Å²) >= 11 is 0. The van der Waals surface area contributed by atoms with Gasteiger partial charge in [0, 0.05) is 54.1 Å². The van der Waals surface area contributed by atoms with Crippen LogP contribution in [0.3, 0.4) is 0 Å². The van der Waals surface area contributed by atoms with Crippen LogP contribution in [0.1, 0.15) is 20.8 Å². The minimum absolute atomic E-state index is 0. The average molecular weight is 367 g/mol. The van der Waals surface area contributed by atoms with E-state index in [1.165, 1.54) is 0 Å². The zero-order chi connectivity index (χ0) is 15.0. The number of aliphatic hydroxyl groups is 3. The van der Waals surface area contributed by atoms with Crippen LogP contribution in [0, 0.1) is 0 Å². The van der Waals surface area contributed by atoms with E-state index in [-0.39, 0.29) is 46.0 Å². The Morgan fingerprint density at radius 1 is 0.789 bits per heavy atom. The fraction of sp³-hybridized carbons (Fsp3) is 0.643. The number of hydrogen-bond acceptors (Lipinski definition) is 3. The second-order valence-corrected chi connectivity index (χ2v) is 9.45. The van der Waals surface area contributed by atoms with E-state index in [4.69, 9.17) is 15.3 Å². The third-order valence-electron chi connectivity index (χ3n) is 1.53. The van der Waals surface area contributed by atoms with E-state index in [0.717, 1.165) is 0 Å². The molecule has 19 heavy (non-hydrogen) atoms. The number of aliphatic hydroxyl groups excluding tert-OH is 3. The smallest absolute Gasteiger partial charge is 0.0402 e. The van der Waals surface area contributed by atoms with Crippen molar-refractivity contribution in [2.24, 2.45) is 0 Å². The molecule has 0 radical (unpaired) electrons. The maximum Gasteiger partial charge on any atom is 0.0402 e. The van der Waals surface area contributed by atoms with Crippen LogP contribution in [-0.4, -0.2) is 43.2 Å². The molecule has 3 N–H and O–H groups in total. The van der Waals surface area contributed by atoms with Crippen molar-refractivity contribution < 1.29 is 41.5 Å². The molecule has 0 bridgehead atoms. The van der Waals surface area contributed by atoms with Crippen LogP contribution in [0.2, 0.25) is 19.6 Å². The summed E-state index contributed by atoms with van der Waals surface area (Å²) in [5.74, 6) is 0. The zero-order valence-electron chi connectivity index (χ0n) is 13.3. The topological polar surface area (TPSA) is 60.7 Å². The molecule has 1 aromatic carbocycles. The standard InChI is InChI=1S/C8H13Si.3C2H6O.Zr/c1-9(2,3)8-6-4-5-7-8;3*1-2-3;/h4-7H,1-3H3;3*3H,2H2,1H3;/q-1;;;;. The first-order valence-corrected chi connectivity index (χ1v) is 9.90. The molecule has 0 aliphatic rings. The van der Waals surface area contributed by atoms with Gasteiger partial charge in [-0.05, 0) is 20.8 Å². The summed E-state index contributed by atoms with van der Waals surface area (Å²) in [5.41, 5.74) is 0. The Labute approximate surface area is 139 Å². The van der Waals surface area contributed by atoms with Gasteiger partial charge in [-0.2, -0.15) is 17.3 Å². The van der Waals surface area contributed by atoms with Crippen molar-refractivity contribution in [3.8, 4) is 0 Å². The molecule has 0 aliphatic carbocycles. The van der Waals surface area contributed by atoms with Gasteiger partial charge in [0.1, 0.15) is 0 Å². The minimum Gasteiger partial charge on any atom is -0.397 e. The van der Waals surface area contributed by atoms with Gasteiger partial charge in [0.2, 0.25) is 0 Å². The Balaban J connectivity index is -0.0000000956. The van der Waals surface area contributed by atoms with Gasteiger partial charge in [-0.15, -0.1) is 0 Å². The second kappa shape index (κ2) is 20.6. The molecule has 0 saturated heterocycles. The molecule has 0 spiro atoms. The first kappa shape index (κ1) is 27.6. The molecule has 114 valence electrons. The zero-order valence-corrected chi connectivity index (χ0v) is 16.7. The van der Waals surface area contributed by atoms with Gasteiger partial charge < -0.3 is 15.3 Å². The number of rotatable bonds is 1. The van der Waals surface area contributed by atoms with Crippen molar-refractivity contribution in [3.63, 3.8) is 0 Å². The van der Waals surface area contributed by atoms with Crippen LogP contribution >= 0.6 is 0 Å². The fourth-order valence-electron chi connectivity index (χ4n) is 0.874. The third kappa shape index (κ3) is 27.5. The molecule has 0 unspecified atom stereocenters. The average Bonchev–Trinajstić information content (AvgIpc) is 2.72. The van der Waals surface area contributed by atoms with Crippen molar-refractivity contribution in [3.05, 3.63) is 24.3 Å². The first-order valence-electron chi connectivity index (χ1n) is 6.40. The van der Waals surface area contributed by atoms with Crippen LogP contribution in [0.25, 0.3) is 0 Å². The maximum absolute atomic E-state index is 7.57. The van der Waals surface area contributed by atoms with Crippen molar-refractivity contribution in [1.29, 1.82) is 0 Å². The molecular weight excluding hydrogens is 335 g/mol. The molecule has 0 aromatic heterocycles. The van der Waals surface area contributed by atoms with Crippen molar-refractivity contribution in [1.82, 2.24) is 0 Å². The predicted octanol–water partition coefficient (Wildman–Crippen LogP) is 1.94. The summed E-state index contributed by atoms with van der Waals surface area (Å²) in [6.45, 7) is 12.9. The Hall–Kier alpha value is 0.330. The van der Waals surface area contributed by atoms with Gasteiger partial charge in [-0.3, -0.25) is 0 Å². The molecule has 1 rings (SSSR count). The van der Waals surface area contributed by atoms with E-state index < -0.39 is 8.07 Å². The Kier molecular flexibility index (Phi) is 30.0. The maximum atomic E-state index is 7.57. The molecule has 5 heteroatoms. The van der Waals surface area contributed by atoms with E-state index in [0.29, 0.717) is 0 Å². The predicted molar refractivity (Wildman–Crippen MR) is 83.3 cm³/mol. The molecule has 0 heterocycles. The molecule has 3 nitrogen and oxygen atoms in total. The van der Waals surface area contributed by atoms with E-state index in [2.05, 4.69) is 43.9 Å². The normalized spacial score (nSPS) is 8.47. The van der Waals surface area contributed by atoms with Crippen LogP contribution in [0.4, 0.5) is 0 Å². The Morgan fingerprint density at radius 3 is 1.11 bits per heavy atom. The van der Waals surface area contributed by atoms with E-state index >= 15 is 0 Å². The minimum atomic E-state index is -0.981. The molecule has 0 saturated carbocycles. The van der Waals surface area contributed by atoms with Crippen molar-refractivity contribution >= 4 is 13.3 Å². The number of hydrogen-bond donors (Lipinski definition) is 3. The summed E-state index contributed by atoms with van der Waals surface area (Å²) in [5, 5.41) is 24.3. The van der Waals surface area contributed by atoms with Crippen LogP contribution in [0.15, 0.2) is 24.3 Å². The SMILES string of the molecule is CCO.CCO.CCO.C[Si](C)(C)[c-]1cccc1.[Zr]. The second-order valence-electron chi connectivity index (χ2n) is 4.37. The molecular formula is C14H31O3SiZr-. The summed E-state index contributed by atoms with van der Waals surface area (Å²) in [6, 6.07) is 8.69. The van der Waals surface area contributed by atoms with Gasteiger partial charge in [0.25, 0.3) is 0 Å². The fourth-order valence-corrected chi connectivity index (χ4v) is 2.07. The molecule has 1 aromatic rings. The summed E-state index contributed by atoms with van der Waals surface area (Å²) in [6.07, 6.45) is 0. The first-order chi connectivity index (χ1) is 8.35. The molecule has 0 fully saturated rings. The van der Waals surface area contributed by atoms with Crippen molar-refractivity contribution in [2.45, 2.75) is 40.4 Å². The van der Waals surface area contributed by atoms with E-state index in [1.54, 1.807) is 26.0 Å². The Morgan fingerprint density at radius 2 is 1.00 bits per heavy atom. The molecule has 0 aliphatic heterocycles. The Bertz CT molecular complexity index is 216. The summed E-state index contributed by atoms with van der Waals surface area (Å²) in [4.78, 5) is 0. The summed E-state index contributed by atoms with van der Waals surface area (Å²) < 4.78 is 0. The quantitative estimate of drug-likeness (QED) is 0.526. The van der Waals surface area contributed by atoms with E-state index in [1.807, 2.05) is 0 Å². The van der Waals surface area contributed by atoms with E-state index in [9.17, 15) is 0 Å². The largest absolute Gasteiger partial charge is 0.397 e. The third-order valence-corrected chi connectivity index (χ3v) is 3.59. The van der Waals surface area contributed by atoms with Gasteiger partial charge in [-0.1, -0.05) is 19.6 Å². The summed E-state index contributed by atoms with van der Waals surface area (Å²) in [7, 11) is -0.981. The van der Waals surface area contributed by atoms with Gasteiger partial charge in [0.05, 0.1) is 0 Å². The van der Waals surface area contributed by atoms with Crippen LogP contribution in [-0.2, 0) is 26.2 Å². The van der Waals surface area contributed by atoms with Crippen LogP contribution in [0.5, 0.6) is 0 Å². The molecule has 0 amide bonds. The van der Waals surface area contributed by atoms with Gasteiger partial charge in [-0.25, -0.2) is 12.1 Å². The van der Waals surface area contributed by atoms with Gasteiger partial charge >= 0.3 is 0 Å². The van der Waals surface area contributed by atoms with Crippen LogP contribution < -0.4 is 5.19 Å². The molecule has 0 atom stereocenters. The van der Waals surface area contributed by atoms with Crippen molar-refractivity contribution in [2.75, 3.05) is 19.8 Å². The van der Waals surface area contributed by atoms with Gasteiger partial charge in [0.15, 0.2) is 0 Å².